The molecule has 0 radical (unpaired) electrons. The van der Waals surface area contributed by atoms with E-state index in [9.17, 15) is 14.4 Å². The smallest absolute Gasteiger partial charge is 0.306 e. The average molecular weight is 765 g/mol. The van der Waals surface area contributed by atoms with Gasteiger partial charge < -0.3 is 14.2 Å². The van der Waals surface area contributed by atoms with Gasteiger partial charge in [0.05, 0.1) is 0 Å². The number of carbonyl (C=O) groups is 3. The maximum atomic E-state index is 12.7. The first-order valence-corrected chi connectivity index (χ1v) is 23.7. The van der Waals surface area contributed by atoms with Gasteiger partial charge in [-0.1, -0.05) is 221 Å². The lowest BCUT2D eigenvalue weighted by Crippen LogP contribution is -2.30. The van der Waals surface area contributed by atoms with Crippen molar-refractivity contribution in [1.29, 1.82) is 0 Å². The van der Waals surface area contributed by atoms with E-state index in [1.165, 1.54) is 148 Å². The largest absolute Gasteiger partial charge is 0.462 e. The van der Waals surface area contributed by atoms with Gasteiger partial charge in [-0.25, -0.2) is 0 Å². The Kier molecular flexibility index (Phi) is 39.8. The van der Waals surface area contributed by atoms with Gasteiger partial charge in [-0.15, -0.1) is 0 Å². The number of ether oxygens (including phenoxy) is 3. The number of rotatable bonds is 42. The van der Waals surface area contributed by atoms with Crippen molar-refractivity contribution in [2.75, 3.05) is 13.2 Å². The Labute approximate surface area is 336 Å². The molecule has 0 aromatic rings. The fourth-order valence-corrected chi connectivity index (χ4v) is 7.11. The van der Waals surface area contributed by atoms with Gasteiger partial charge in [0.25, 0.3) is 0 Å². The first-order valence-electron chi connectivity index (χ1n) is 23.7. The van der Waals surface area contributed by atoms with Crippen molar-refractivity contribution in [3.05, 3.63) is 0 Å². The molecule has 0 saturated carbocycles. The summed E-state index contributed by atoms with van der Waals surface area (Å²) in [4.78, 5) is 37.7. The highest BCUT2D eigenvalue weighted by molar-refractivity contribution is 5.71. The second kappa shape index (κ2) is 41.1. The van der Waals surface area contributed by atoms with E-state index >= 15 is 0 Å². The van der Waals surface area contributed by atoms with Crippen molar-refractivity contribution in [2.24, 2.45) is 11.8 Å². The van der Waals surface area contributed by atoms with Crippen LogP contribution < -0.4 is 0 Å². The summed E-state index contributed by atoms with van der Waals surface area (Å²) in [5, 5.41) is 0. The molecule has 0 unspecified atom stereocenters. The molecule has 0 aromatic heterocycles. The van der Waals surface area contributed by atoms with Crippen molar-refractivity contribution >= 4 is 17.9 Å². The minimum atomic E-state index is -0.760. The van der Waals surface area contributed by atoms with Gasteiger partial charge in [-0.2, -0.15) is 0 Å². The van der Waals surface area contributed by atoms with Crippen LogP contribution in [0.2, 0.25) is 0 Å². The third-order valence-corrected chi connectivity index (χ3v) is 10.7. The summed E-state index contributed by atoms with van der Waals surface area (Å²) in [5.74, 6) is 0.772. The van der Waals surface area contributed by atoms with Crippen LogP contribution in [0.25, 0.3) is 0 Å². The average Bonchev–Trinajstić information content (AvgIpc) is 3.14. The third kappa shape index (κ3) is 41.6. The molecule has 0 aliphatic heterocycles. The normalized spacial score (nSPS) is 12.1. The van der Waals surface area contributed by atoms with Crippen LogP contribution in [0.15, 0.2) is 0 Å². The molecule has 0 bridgehead atoms. The monoisotopic (exact) mass is 765 g/mol. The molecular formula is C48H92O6. The Hall–Kier alpha value is -1.59. The molecule has 1 atom stereocenters. The molecule has 0 heterocycles. The standard InChI is InChI=1S/C48H92O6/c1-6-7-8-9-10-11-17-23-28-33-38-46(49)52-41-45(42-53-47(50)39-34-29-24-20-19-22-27-32-37-44(4)5)54-48(51)40-35-30-25-18-15-13-12-14-16-21-26-31-36-43(2)3/h43-45H,6-42H2,1-5H3/t45-/m1/s1. The minimum Gasteiger partial charge on any atom is -0.462 e. The van der Waals surface area contributed by atoms with Gasteiger partial charge in [0, 0.05) is 19.3 Å². The van der Waals surface area contributed by atoms with E-state index in [1.807, 2.05) is 0 Å². The SMILES string of the molecule is CCCCCCCCCCCCC(=O)OC[C@H](COC(=O)CCCCCCCCCCC(C)C)OC(=O)CCCCCCCCCCCCCCC(C)C. The Morgan fingerprint density at radius 1 is 0.352 bits per heavy atom. The fourth-order valence-electron chi connectivity index (χ4n) is 7.11. The van der Waals surface area contributed by atoms with Crippen LogP contribution in [-0.2, 0) is 28.6 Å². The van der Waals surface area contributed by atoms with Crippen LogP contribution in [0, 0.1) is 11.8 Å². The number of hydrogen-bond acceptors (Lipinski definition) is 6. The molecule has 0 spiro atoms. The van der Waals surface area contributed by atoms with Crippen LogP contribution in [-0.4, -0.2) is 37.2 Å². The predicted molar refractivity (Wildman–Crippen MR) is 229 cm³/mol. The summed E-state index contributed by atoms with van der Waals surface area (Å²) in [6, 6.07) is 0. The number of hydrogen-bond donors (Lipinski definition) is 0. The Morgan fingerprint density at radius 3 is 0.907 bits per heavy atom. The summed E-state index contributed by atoms with van der Waals surface area (Å²) in [6.07, 6.45) is 39.5. The zero-order chi connectivity index (χ0) is 39.7. The van der Waals surface area contributed by atoms with Gasteiger partial charge >= 0.3 is 17.9 Å². The molecule has 0 rings (SSSR count). The first kappa shape index (κ1) is 52.4. The lowest BCUT2D eigenvalue weighted by atomic mass is 10.0. The number of esters is 3. The van der Waals surface area contributed by atoms with Crippen LogP contribution in [0.4, 0.5) is 0 Å². The quantitative estimate of drug-likeness (QED) is 0.0350. The van der Waals surface area contributed by atoms with Gasteiger partial charge in [-0.3, -0.25) is 14.4 Å². The van der Waals surface area contributed by atoms with E-state index in [1.54, 1.807) is 0 Å². The lowest BCUT2D eigenvalue weighted by molar-refractivity contribution is -0.167. The summed E-state index contributed by atoms with van der Waals surface area (Å²) >= 11 is 0. The van der Waals surface area contributed by atoms with Crippen molar-refractivity contribution < 1.29 is 28.6 Å². The topological polar surface area (TPSA) is 78.9 Å². The van der Waals surface area contributed by atoms with E-state index in [0.717, 1.165) is 69.6 Å². The number of unbranched alkanes of at least 4 members (excludes halogenated alkanes) is 27. The highest BCUT2D eigenvalue weighted by atomic mass is 16.6. The Balaban J connectivity index is 4.32. The molecule has 0 saturated heterocycles. The molecular weight excluding hydrogens is 673 g/mol. The second-order valence-electron chi connectivity index (χ2n) is 17.3. The molecule has 0 amide bonds. The molecule has 6 heteroatoms. The first-order chi connectivity index (χ1) is 26.2. The van der Waals surface area contributed by atoms with Crippen molar-refractivity contribution in [1.82, 2.24) is 0 Å². The summed E-state index contributed by atoms with van der Waals surface area (Å²) in [7, 11) is 0. The summed E-state index contributed by atoms with van der Waals surface area (Å²) in [5.41, 5.74) is 0. The number of carbonyl (C=O) groups excluding carboxylic acids is 3. The molecule has 54 heavy (non-hydrogen) atoms. The molecule has 6 nitrogen and oxygen atoms in total. The molecule has 0 fully saturated rings. The van der Waals surface area contributed by atoms with Crippen molar-refractivity contribution in [2.45, 2.75) is 265 Å². The summed E-state index contributed by atoms with van der Waals surface area (Å²) < 4.78 is 16.7. The van der Waals surface area contributed by atoms with E-state index in [0.29, 0.717) is 19.3 Å². The van der Waals surface area contributed by atoms with E-state index < -0.39 is 6.10 Å². The van der Waals surface area contributed by atoms with Crippen molar-refractivity contribution in [3.8, 4) is 0 Å². The van der Waals surface area contributed by atoms with Crippen LogP contribution >= 0.6 is 0 Å². The molecule has 0 aromatic carbocycles. The lowest BCUT2D eigenvalue weighted by Gasteiger charge is -2.18. The minimum absolute atomic E-state index is 0.0648. The van der Waals surface area contributed by atoms with Crippen molar-refractivity contribution in [3.63, 3.8) is 0 Å². The molecule has 0 aliphatic rings. The van der Waals surface area contributed by atoms with Gasteiger partial charge in [0.1, 0.15) is 13.2 Å². The molecule has 0 aliphatic carbocycles. The third-order valence-electron chi connectivity index (χ3n) is 10.7. The van der Waals surface area contributed by atoms with E-state index in [-0.39, 0.29) is 31.1 Å². The van der Waals surface area contributed by atoms with Gasteiger partial charge in [0.2, 0.25) is 0 Å². The summed E-state index contributed by atoms with van der Waals surface area (Å²) in [6.45, 7) is 11.3. The van der Waals surface area contributed by atoms with Crippen LogP contribution in [0.1, 0.15) is 259 Å². The zero-order valence-corrected chi connectivity index (χ0v) is 36.8. The highest BCUT2D eigenvalue weighted by Gasteiger charge is 2.19. The Bertz CT molecular complexity index is 824. The Morgan fingerprint density at radius 2 is 0.611 bits per heavy atom. The maximum absolute atomic E-state index is 12.7. The fraction of sp³-hybridized carbons (Fsp3) is 0.938. The zero-order valence-electron chi connectivity index (χ0n) is 36.8. The van der Waals surface area contributed by atoms with Crippen LogP contribution in [0.5, 0.6) is 0 Å². The highest BCUT2D eigenvalue weighted by Crippen LogP contribution is 2.17. The van der Waals surface area contributed by atoms with E-state index in [4.69, 9.17) is 14.2 Å². The maximum Gasteiger partial charge on any atom is 0.306 e. The second-order valence-corrected chi connectivity index (χ2v) is 17.3. The molecule has 0 N–H and O–H groups in total. The van der Waals surface area contributed by atoms with E-state index in [2.05, 4.69) is 34.6 Å². The molecule has 320 valence electrons. The van der Waals surface area contributed by atoms with Gasteiger partial charge in [0.15, 0.2) is 6.10 Å². The van der Waals surface area contributed by atoms with Crippen LogP contribution in [0.3, 0.4) is 0 Å². The predicted octanol–water partition coefficient (Wildman–Crippen LogP) is 15.0. The van der Waals surface area contributed by atoms with Gasteiger partial charge in [-0.05, 0) is 31.1 Å².